The molecule has 2 aromatic rings. The molecule has 3 rings (SSSR count). The van der Waals surface area contributed by atoms with E-state index in [0.717, 1.165) is 49.3 Å². The van der Waals surface area contributed by atoms with E-state index in [2.05, 4.69) is 36.1 Å². The van der Waals surface area contributed by atoms with E-state index in [1.807, 2.05) is 30.4 Å². The van der Waals surface area contributed by atoms with Gasteiger partial charge in [-0.25, -0.2) is 0 Å². The summed E-state index contributed by atoms with van der Waals surface area (Å²) < 4.78 is 0. The van der Waals surface area contributed by atoms with Gasteiger partial charge in [-0.05, 0) is 49.2 Å². The SMILES string of the molecule is C=CCc1ccc(O)c(-c2cc(CC=C)cc(CN3CCN(C)CC3)c2O)c1. The Morgan fingerprint density at radius 3 is 2.21 bits per heavy atom. The molecule has 0 aliphatic carbocycles. The van der Waals surface area contributed by atoms with Crippen molar-refractivity contribution in [3.8, 4) is 22.6 Å². The van der Waals surface area contributed by atoms with Crippen molar-refractivity contribution >= 4 is 0 Å². The molecule has 0 aromatic heterocycles. The number of allylic oxidation sites excluding steroid dienone is 2. The molecular weight excluding hydrogens is 348 g/mol. The fourth-order valence-electron chi connectivity index (χ4n) is 3.71. The minimum Gasteiger partial charge on any atom is -0.507 e. The van der Waals surface area contributed by atoms with Crippen LogP contribution in [0.5, 0.6) is 11.5 Å². The number of hydrogen-bond acceptors (Lipinski definition) is 4. The van der Waals surface area contributed by atoms with Crippen LogP contribution in [0.15, 0.2) is 55.6 Å². The number of nitrogens with zero attached hydrogens (tertiary/aromatic N) is 2. The van der Waals surface area contributed by atoms with Gasteiger partial charge in [-0.15, -0.1) is 13.2 Å². The maximum Gasteiger partial charge on any atom is 0.128 e. The molecule has 4 nitrogen and oxygen atoms in total. The second-order valence-corrected chi connectivity index (χ2v) is 7.57. The quantitative estimate of drug-likeness (QED) is 0.716. The number of aromatic hydroxyl groups is 2. The van der Waals surface area contributed by atoms with Crippen LogP contribution >= 0.6 is 0 Å². The van der Waals surface area contributed by atoms with E-state index >= 15 is 0 Å². The van der Waals surface area contributed by atoms with Crippen molar-refractivity contribution in [3.63, 3.8) is 0 Å². The first-order chi connectivity index (χ1) is 13.5. The topological polar surface area (TPSA) is 46.9 Å². The van der Waals surface area contributed by atoms with Crippen LogP contribution in [0.2, 0.25) is 0 Å². The second-order valence-electron chi connectivity index (χ2n) is 7.57. The minimum absolute atomic E-state index is 0.171. The first-order valence-corrected chi connectivity index (χ1v) is 9.81. The Morgan fingerprint density at radius 1 is 0.893 bits per heavy atom. The zero-order valence-electron chi connectivity index (χ0n) is 16.7. The molecule has 0 unspecified atom stereocenters. The van der Waals surface area contributed by atoms with Gasteiger partial charge in [0.25, 0.3) is 0 Å². The van der Waals surface area contributed by atoms with Crippen molar-refractivity contribution in [2.24, 2.45) is 0 Å². The molecule has 1 aliphatic heterocycles. The Bertz CT molecular complexity index is 852. The van der Waals surface area contributed by atoms with Crippen molar-refractivity contribution < 1.29 is 10.2 Å². The first-order valence-electron chi connectivity index (χ1n) is 9.81. The Balaban J connectivity index is 2.01. The van der Waals surface area contributed by atoms with Crippen LogP contribution in [0.25, 0.3) is 11.1 Å². The van der Waals surface area contributed by atoms with Gasteiger partial charge in [0.05, 0.1) is 0 Å². The van der Waals surface area contributed by atoms with Gasteiger partial charge in [-0.2, -0.15) is 0 Å². The predicted octanol–water partition coefficient (Wildman–Crippen LogP) is 3.97. The molecule has 1 fully saturated rings. The summed E-state index contributed by atoms with van der Waals surface area (Å²) >= 11 is 0. The van der Waals surface area contributed by atoms with Crippen LogP contribution in [0.3, 0.4) is 0 Å². The third-order valence-electron chi connectivity index (χ3n) is 5.35. The fraction of sp³-hybridized carbons (Fsp3) is 0.333. The molecule has 1 heterocycles. The van der Waals surface area contributed by atoms with Crippen molar-refractivity contribution in [1.29, 1.82) is 0 Å². The van der Waals surface area contributed by atoms with Crippen LogP contribution in [0.4, 0.5) is 0 Å². The lowest BCUT2D eigenvalue weighted by atomic mass is 9.94. The van der Waals surface area contributed by atoms with Crippen LogP contribution in [0.1, 0.15) is 16.7 Å². The Kier molecular flexibility index (Phi) is 6.55. The fourth-order valence-corrected chi connectivity index (χ4v) is 3.71. The number of rotatable bonds is 7. The summed E-state index contributed by atoms with van der Waals surface area (Å²) in [6, 6.07) is 9.52. The minimum atomic E-state index is 0.171. The van der Waals surface area contributed by atoms with Gasteiger partial charge in [0.1, 0.15) is 11.5 Å². The van der Waals surface area contributed by atoms with E-state index in [0.29, 0.717) is 24.1 Å². The maximum absolute atomic E-state index is 11.1. The van der Waals surface area contributed by atoms with Crippen LogP contribution in [-0.2, 0) is 19.4 Å². The van der Waals surface area contributed by atoms with E-state index in [4.69, 9.17) is 0 Å². The Hall–Kier alpha value is -2.56. The zero-order valence-corrected chi connectivity index (χ0v) is 16.7. The summed E-state index contributed by atoms with van der Waals surface area (Å²) in [7, 11) is 2.14. The van der Waals surface area contributed by atoms with Crippen LogP contribution < -0.4 is 0 Å². The van der Waals surface area contributed by atoms with Crippen molar-refractivity contribution in [2.75, 3.05) is 33.2 Å². The summed E-state index contributed by atoms with van der Waals surface area (Å²) in [6.45, 7) is 12.4. The molecule has 2 N–H and O–H groups in total. The number of piperazine rings is 1. The highest BCUT2D eigenvalue weighted by molar-refractivity contribution is 5.78. The van der Waals surface area contributed by atoms with Gasteiger partial charge in [-0.1, -0.05) is 24.3 Å². The molecular formula is C24H30N2O2. The molecule has 0 atom stereocenters. The van der Waals surface area contributed by atoms with Crippen LogP contribution in [0, 0.1) is 0 Å². The lowest BCUT2D eigenvalue weighted by Crippen LogP contribution is -2.43. The van der Waals surface area contributed by atoms with Crippen LogP contribution in [-0.4, -0.2) is 53.2 Å². The van der Waals surface area contributed by atoms with E-state index in [1.54, 1.807) is 6.07 Å². The van der Waals surface area contributed by atoms with E-state index in [1.165, 1.54) is 0 Å². The monoisotopic (exact) mass is 378 g/mol. The van der Waals surface area contributed by atoms with Gasteiger partial charge in [0, 0.05) is 49.4 Å². The van der Waals surface area contributed by atoms with E-state index in [9.17, 15) is 10.2 Å². The molecule has 2 aromatic carbocycles. The molecule has 4 heteroatoms. The average molecular weight is 379 g/mol. The van der Waals surface area contributed by atoms with Gasteiger partial charge >= 0.3 is 0 Å². The smallest absolute Gasteiger partial charge is 0.128 e. The van der Waals surface area contributed by atoms with Crippen molar-refractivity contribution in [1.82, 2.24) is 9.80 Å². The largest absolute Gasteiger partial charge is 0.507 e. The van der Waals surface area contributed by atoms with Crippen molar-refractivity contribution in [3.05, 3.63) is 72.3 Å². The van der Waals surface area contributed by atoms with Gasteiger partial charge in [0.2, 0.25) is 0 Å². The molecule has 0 amide bonds. The third kappa shape index (κ3) is 4.64. The number of likely N-dealkylation sites (N-methyl/N-ethyl adjacent to an activating group) is 1. The lowest BCUT2D eigenvalue weighted by molar-refractivity contribution is 0.147. The number of hydrogen-bond donors (Lipinski definition) is 2. The van der Waals surface area contributed by atoms with Gasteiger partial charge in [0.15, 0.2) is 0 Å². The Labute approximate surface area is 168 Å². The second kappa shape index (κ2) is 9.09. The average Bonchev–Trinajstić information content (AvgIpc) is 2.68. The lowest BCUT2D eigenvalue weighted by Gasteiger charge is -2.32. The highest BCUT2D eigenvalue weighted by Gasteiger charge is 2.19. The van der Waals surface area contributed by atoms with Gasteiger partial charge < -0.3 is 15.1 Å². The van der Waals surface area contributed by atoms with E-state index in [-0.39, 0.29) is 11.5 Å². The molecule has 148 valence electrons. The first kappa shape index (κ1) is 20.2. The molecule has 0 bridgehead atoms. The maximum atomic E-state index is 11.1. The summed E-state index contributed by atoms with van der Waals surface area (Å²) in [5.74, 6) is 0.419. The highest BCUT2D eigenvalue weighted by atomic mass is 16.3. The molecule has 1 aliphatic rings. The number of phenolic OH excluding ortho intramolecular Hbond substituents is 2. The van der Waals surface area contributed by atoms with E-state index < -0.39 is 0 Å². The van der Waals surface area contributed by atoms with Gasteiger partial charge in [-0.3, -0.25) is 4.90 Å². The molecule has 0 saturated carbocycles. The summed E-state index contributed by atoms with van der Waals surface area (Å²) in [5.41, 5.74) is 4.36. The standard InChI is InChI=1S/C24H30N2O2/c1-4-6-18-8-9-23(27)21(15-18)22-16-19(7-5-2)14-20(24(22)28)17-26-12-10-25(3)11-13-26/h4-5,8-9,14-16,27-28H,1-2,6-7,10-13,17H2,3H3. The summed E-state index contributed by atoms with van der Waals surface area (Å²) in [6.07, 6.45) is 5.14. The molecule has 0 spiro atoms. The Morgan fingerprint density at radius 2 is 1.54 bits per heavy atom. The molecule has 1 saturated heterocycles. The molecule has 0 radical (unpaired) electrons. The summed E-state index contributed by atoms with van der Waals surface area (Å²) in [5, 5.41) is 21.5. The zero-order chi connectivity index (χ0) is 20.1. The number of phenols is 2. The normalized spacial score (nSPS) is 15.5. The molecule has 28 heavy (non-hydrogen) atoms. The summed E-state index contributed by atoms with van der Waals surface area (Å²) in [4.78, 5) is 4.68. The van der Waals surface area contributed by atoms with Crippen molar-refractivity contribution in [2.45, 2.75) is 19.4 Å². The predicted molar refractivity (Wildman–Crippen MR) is 116 cm³/mol. The highest BCUT2D eigenvalue weighted by Crippen LogP contribution is 2.39. The third-order valence-corrected chi connectivity index (χ3v) is 5.35. The number of benzene rings is 2.